The molecular formula is C25H23N5O3S. The fraction of sp³-hybridized carbons (Fsp3) is 0.200. The Morgan fingerprint density at radius 1 is 1.03 bits per heavy atom. The van der Waals surface area contributed by atoms with Crippen LogP contribution in [-0.2, 0) is 12.8 Å². The largest absolute Gasteiger partial charge is 0.496 e. The Morgan fingerprint density at radius 3 is 2.65 bits per heavy atom. The minimum Gasteiger partial charge on any atom is -0.496 e. The Hall–Kier alpha value is -3.98. The van der Waals surface area contributed by atoms with Gasteiger partial charge in [0.1, 0.15) is 16.5 Å². The lowest BCUT2D eigenvalue weighted by Gasteiger charge is -2.13. The number of nitrogens with zero attached hydrogens (tertiary/aromatic N) is 4. The number of methoxy groups -OCH3 is 1. The van der Waals surface area contributed by atoms with Gasteiger partial charge in [-0.05, 0) is 37.6 Å². The average molecular weight is 474 g/mol. The molecule has 8 nitrogen and oxygen atoms in total. The molecule has 172 valence electrons. The van der Waals surface area contributed by atoms with Gasteiger partial charge in [-0.1, -0.05) is 35.6 Å². The van der Waals surface area contributed by atoms with Gasteiger partial charge in [0.05, 0.1) is 12.7 Å². The Bertz CT molecular complexity index is 1350. The molecule has 34 heavy (non-hydrogen) atoms. The molecule has 0 spiro atoms. The smallest absolute Gasteiger partial charge is 0.259 e. The molecule has 0 atom stereocenters. The van der Waals surface area contributed by atoms with Crippen LogP contribution in [0.25, 0.3) is 11.1 Å². The lowest BCUT2D eigenvalue weighted by Crippen LogP contribution is -2.14. The number of Topliss-reactive ketones (excluding diaryl/α,β-unsaturated/α-hetero) is 1. The number of rotatable bonds is 8. The summed E-state index contributed by atoms with van der Waals surface area (Å²) in [6.07, 6.45) is 2.77. The van der Waals surface area contributed by atoms with Gasteiger partial charge in [0, 0.05) is 42.1 Å². The van der Waals surface area contributed by atoms with Crippen molar-refractivity contribution >= 4 is 28.2 Å². The number of anilines is 1. The number of carbonyl (C=O) groups excluding carboxylic acids is 2. The van der Waals surface area contributed by atoms with E-state index in [2.05, 4.69) is 25.5 Å². The van der Waals surface area contributed by atoms with Gasteiger partial charge in [0.2, 0.25) is 5.13 Å². The van der Waals surface area contributed by atoms with Crippen LogP contribution in [0, 0.1) is 6.92 Å². The summed E-state index contributed by atoms with van der Waals surface area (Å²) >= 11 is 1.30. The zero-order valence-electron chi connectivity index (χ0n) is 19.0. The van der Waals surface area contributed by atoms with Crippen molar-refractivity contribution in [1.82, 2.24) is 20.2 Å². The number of aromatic nitrogens is 4. The van der Waals surface area contributed by atoms with Crippen LogP contribution in [0.2, 0.25) is 0 Å². The molecule has 0 aliphatic heterocycles. The van der Waals surface area contributed by atoms with E-state index in [4.69, 9.17) is 4.74 Å². The third-order valence-corrected chi connectivity index (χ3v) is 6.03. The Kier molecular flexibility index (Phi) is 7.03. The van der Waals surface area contributed by atoms with Crippen molar-refractivity contribution in [2.45, 2.75) is 26.7 Å². The number of pyridine rings is 2. The molecule has 1 amide bonds. The van der Waals surface area contributed by atoms with Crippen molar-refractivity contribution < 1.29 is 14.3 Å². The topological polar surface area (TPSA) is 107 Å². The molecule has 4 rings (SSSR count). The molecule has 1 aromatic carbocycles. The van der Waals surface area contributed by atoms with E-state index in [9.17, 15) is 9.59 Å². The molecule has 0 saturated heterocycles. The lowest BCUT2D eigenvalue weighted by molar-refractivity contribution is 0.100. The number of ether oxygens (including phenoxy) is 1. The van der Waals surface area contributed by atoms with E-state index in [0.29, 0.717) is 35.0 Å². The summed E-state index contributed by atoms with van der Waals surface area (Å²) in [6, 6.07) is 14.8. The van der Waals surface area contributed by atoms with Gasteiger partial charge in [-0.3, -0.25) is 19.9 Å². The quantitative estimate of drug-likeness (QED) is 0.374. The number of hydrogen-bond donors (Lipinski definition) is 1. The van der Waals surface area contributed by atoms with E-state index < -0.39 is 0 Å². The predicted octanol–water partition coefficient (Wildman–Crippen LogP) is 4.55. The second-order valence-electron chi connectivity index (χ2n) is 7.60. The minimum atomic E-state index is -0.327. The number of para-hydroxylation sites is 1. The molecule has 0 aliphatic rings. The molecule has 4 aromatic rings. The normalized spacial score (nSPS) is 10.7. The Morgan fingerprint density at radius 2 is 1.85 bits per heavy atom. The third kappa shape index (κ3) is 5.32. The first-order chi connectivity index (χ1) is 16.4. The van der Waals surface area contributed by atoms with Gasteiger partial charge >= 0.3 is 0 Å². The molecule has 0 fully saturated rings. The van der Waals surface area contributed by atoms with Crippen molar-refractivity contribution in [2.24, 2.45) is 0 Å². The molecule has 0 bridgehead atoms. The standard InChI is InChI=1S/C25H23N5O3S/c1-15-13-19(18-8-4-5-10-22(18)33-3)20(14-26-15)24(32)28-25-30-29-23(34-25)12-11-17-7-6-9-21(27-17)16(2)31/h4-10,13-14H,11-12H2,1-3H3,(H,28,30,32). The Balaban J connectivity index is 1.49. The number of aryl methyl sites for hydroxylation is 3. The summed E-state index contributed by atoms with van der Waals surface area (Å²) in [6.45, 7) is 3.37. The molecule has 1 N–H and O–H groups in total. The lowest BCUT2D eigenvalue weighted by atomic mass is 9.99. The fourth-order valence-electron chi connectivity index (χ4n) is 3.45. The van der Waals surface area contributed by atoms with Crippen molar-refractivity contribution in [1.29, 1.82) is 0 Å². The summed E-state index contributed by atoms with van der Waals surface area (Å²) in [5.41, 5.74) is 3.98. The molecule has 0 unspecified atom stereocenters. The fourth-order valence-corrected chi connectivity index (χ4v) is 4.18. The first kappa shape index (κ1) is 23.2. The SMILES string of the molecule is COc1ccccc1-c1cc(C)ncc1C(=O)Nc1nnc(CCc2cccc(C(C)=O)n2)s1. The van der Waals surface area contributed by atoms with Gasteiger partial charge in [-0.25, -0.2) is 4.98 Å². The predicted molar refractivity (Wildman–Crippen MR) is 130 cm³/mol. The number of carbonyl (C=O) groups is 2. The monoisotopic (exact) mass is 473 g/mol. The summed E-state index contributed by atoms with van der Waals surface area (Å²) in [5.74, 6) is 0.274. The molecule has 0 radical (unpaired) electrons. The van der Waals surface area contributed by atoms with Crippen LogP contribution < -0.4 is 10.1 Å². The van der Waals surface area contributed by atoms with E-state index in [1.54, 1.807) is 19.4 Å². The van der Waals surface area contributed by atoms with Crippen LogP contribution >= 0.6 is 11.3 Å². The molecular weight excluding hydrogens is 450 g/mol. The maximum absolute atomic E-state index is 13.1. The van der Waals surface area contributed by atoms with Crippen LogP contribution in [0.5, 0.6) is 5.75 Å². The maximum Gasteiger partial charge on any atom is 0.259 e. The molecule has 0 aliphatic carbocycles. The summed E-state index contributed by atoms with van der Waals surface area (Å²) in [7, 11) is 1.60. The number of amides is 1. The highest BCUT2D eigenvalue weighted by molar-refractivity contribution is 7.15. The first-order valence-corrected chi connectivity index (χ1v) is 11.5. The summed E-state index contributed by atoms with van der Waals surface area (Å²) < 4.78 is 5.48. The van der Waals surface area contributed by atoms with Crippen LogP contribution in [0.15, 0.2) is 54.7 Å². The molecule has 0 saturated carbocycles. The number of hydrogen-bond acceptors (Lipinski definition) is 8. The van der Waals surface area contributed by atoms with Gasteiger partial charge in [0.25, 0.3) is 5.91 Å². The number of ketones is 1. The second-order valence-corrected chi connectivity index (χ2v) is 8.66. The van der Waals surface area contributed by atoms with Crippen molar-refractivity contribution in [3.8, 4) is 16.9 Å². The number of benzene rings is 1. The van der Waals surface area contributed by atoms with Crippen molar-refractivity contribution in [2.75, 3.05) is 12.4 Å². The second kappa shape index (κ2) is 10.3. The zero-order valence-corrected chi connectivity index (χ0v) is 19.8. The Labute approximate surface area is 201 Å². The van der Waals surface area contributed by atoms with E-state index in [1.165, 1.54) is 18.3 Å². The first-order valence-electron chi connectivity index (χ1n) is 10.6. The van der Waals surface area contributed by atoms with Crippen molar-refractivity contribution in [3.05, 3.63) is 82.4 Å². The van der Waals surface area contributed by atoms with E-state index in [-0.39, 0.29) is 11.7 Å². The zero-order chi connectivity index (χ0) is 24.1. The highest BCUT2D eigenvalue weighted by Crippen LogP contribution is 2.33. The summed E-state index contributed by atoms with van der Waals surface area (Å²) in [4.78, 5) is 33.3. The highest BCUT2D eigenvalue weighted by Gasteiger charge is 2.18. The summed E-state index contributed by atoms with van der Waals surface area (Å²) in [5, 5.41) is 12.3. The highest BCUT2D eigenvalue weighted by atomic mass is 32.1. The van der Waals surface area contributed by atoms with Crippen LogP contribution in [0.4, 0.5) is 5.13 Å². The van der Waals surface area contributed by atoms with E-state index in [0.717, 1.165) is 27.5 Å². The van der Waals surface area contributed by atoms with Gasteiger partial charge in [-0.2, -0.15) is 0 Å². The van der Waals surface area contributed by atoms with Gasteiger partial charge in [-0.15, -0.1) is 10.2 Å². The third-order valence-electron chi connectivity index (χ3n) is 5.13. The molecule has 3 aromatic heterocycles. The molecule has 3 heterocycles. The van der Waals surface area contributed by atoms with E-state index in [1.807, 2.05) is 49.4 Å². The van der Waals surface area contributed by atoms with Crippen LogP contribution in [-0.4, -0.2) is 39.0 Å². The average Bonchev–Trinajstić information content (AvgIpc) is 3.29. The van der Waals surface area contributed by atoms with Crippen LogP contribution in [0.1, 0.15) is 44.2 Å². The van der Waals surface area contributed by atoms with Crippen molar-refractivity contribution in [3.63, 3.8) is 0 Å². The van der Waals surface area contributed by atoms with Crippen LogP contribution in [0.3, 0.4) is 0 Å². The molecule has 9 heteroatoms. The van der Waals surface area contributed by atoms with Gasteiger partial charge in [0.15, 0.2) is 5.78 Å². The minimum absolute atomic E-state index is 0.0687. The van der Waals surface area contributed by atoms with Gasteiger partial charge < -0.3 is 4.74 Å². The number of nitrogens with one attached hydrogen (secondary N) is 1. The maximum atomic E-state index is 13.1. The van der Waals surface area contributed by atoms with E-state index >= 15 is 0 Å².